The number of aromatic amines is 1. The van der Waals surface area contributed by atoms with Gasteiger partial charge in [0.05, 0.1) is 18.1 Å². The molecule has 2 amide bonds. The highest BCUT2D eigenvalue weighted by Crippen LogP contribution is 2.22. The Morgan fingerprint density at radius 3 is 2.46 bits per heavy atom. The van der Waals surface area contributed by atoms with Crippen LogP contribution >= 0.6 is 0 Å². The molecule has 1 aromatic heterocycles. The molecule has 6 heteroatoms. The van der Waals surface area contributed by atoms with Crippen LogP contribution in [0.1, 0.15) is 5.56 Å². The normalized spacial score (nSPS) is 10.6. The molecule has 28 heavy (non-hydrogen) atoms. The number of ether oxygens (including phenoxy) is 1. The zero-order chi connectivity index (χ0) is 19.3. The molecule has 140 valence electrons. The average Bonchev–Trinajstić information content (AvgIpc) is 3.17. The van der Waals surface area contributed by atoms with Gasteiger partial charge in [-0.2, -0.15) is 0 Å². The van der Waals surface area contributed by atoms with Gasteiger partial charge in [-0.1, -0.05) is 24.3 Å². The van der Waals surface area contributed by atoms with E-state index in [4.69, 9.17) is 4.74 Å². The maximum atomic E-state index is 12.1. The van der Waals surface area contributed by atoms with E-state index in [0.29, 0.717) is 12.2 Å². The van der Waals surface area contributed by atoms with Crippen molar-refractivity contribution in [2.45, 2.75) is 6.54 Å². The molecule has 3 aromatic carbocycles. The van der Waals surface area contributed by atoms with E-state index in [-0.39, 0.29) is 6.03 Å². The van der Waals surface area contributed by atoms with Crippen LogP contribution in [0.5, 0.6) is 5.75 Å². The Morgan fingerprint density at radius 2 is 1.75 bits per heavy atom. The van der Waals surface area contributed by atoms with E-state index in [1.807, 2.05) is 72.8 Å². The molecule has 4 rings (SSSR count). The van der Waals surface area contributed by atoms with Crippen molar-refractivity contribution in [3.8, 4) is 17.1 Å². The second-order valence-corrected chi connectivity index (χ2v) is 6.34. The van der Waals surface area contributed by atoms with E-state index in [2.05, 4.69) is 20.6 Å². The lowest BCUT2D eigenvalue weighted by Gasteiger charge is -2.08. The third-order valence-electron chi connectivity index (χ3n) is 4.42. The third kappa shape index (κ3) is 3.96. The number of urea groups is 1. The van der Waals surface area contributed by atoms with Crippen molar-refractivity contribution < 1.29 is 9.53 Å². The summed E-state index contributed by atoms with van der Waals surface area (Å²) >= 11 is 0. The van der Waals surface area contributed by atoms with Crippen molar-refractivity contribution in [3.63, 3.8) is 0 Å². The van der Waals surface area contributed by atoms with Gasteiger partial charge in [-0.3, -0.25) is 0 Å². The average molecular weight is 372 g/mol. The Hall–Kier alpha value is -3.80. The molecule has 0 aliphatic carbocycles. The number of carbonyl (C=O) groups is 1. The number of nitrogens with one attached hydrogen (secondary N) is 3. The number of methoxy groups -OCH3 is 1. The fraction of sp³-hybridized carbons (Fsp3) is 0.0909. The van der Waals surface area contributed by atoms with Crippen LogP contribution in [0.3, 0.4) is 0 Å². The van der Waals surface area contributed by atoms with Crippen LogP contribution in [0.2, 0.25) is 0 Å². The van der Waals surface area contributed by atoms with Crippen molar-refractivity contribution in [2.24, 2.45) is 0 Å². The van der Waals surface area contributed by atoms with Crippen LogP contribution < -0.4 is 15.4 Å². The van der Waals surface area contributed by atoms with Gasteiger partial charge in [-0.25, -0.2) is 9.78 Å². The number of para-hydroxylation sites is 2. The van der Waals surface area contributed by atoms with Crippen molar-refractivity contribution in [1.82, 2.24) is 15.3 Å². The Kier molecular flexibility index (Phi) is 4.93. The number of H-pyrrole nitrogens is 1. The van der Waals surface area contributed by atoms with Gasteiger partial charge in [-0.15, -0.1) is 0 Å². The van der Waals surface area contributed by atoms with Gasteiger partial charge >= 0.3 is 6.03 Å². The second kappa shape index (κ2) is 7.84. The molecule has 0 unspecified atom stereocenters. The van der Waals surface area contributed by atoms with Crippen molar-refractivity contribution >= 4 is 22.8 Å². The first-order valence-electron chi connectivity index (χ1n) is 8.94. The summed E-state index contributed by atoms with van der Waals surface area (Å²) in [5.41, 5.74) is 4.60. The SMILES string of the molecule is COc1ccc(CNC(=O)Nc2ccc(-c3nc4ccccc4[nH]3)cc2)cc1. The fourth-order valence-electron chi connectivity index (χ4n) is 2.90. The standard InChI is InChI=1S/C22H20N4O2/c1-28-18-12-6-15(7-13-18)14-23-22(27)24-17-10-8-16(9-11-17)21-25-19-4-2-3-5-20(19)26-21/h2-13H,14H2,1H3,(H,25,26)(H2,23,24,27). The Balaban J connectivity index is 1.36. The molecule has 0 atom stereocenters. The molecular formula is C22H20N4O2. The molecule has 6 nitrogen and oxygen atoms in total. The summed E-state index contributed by atoms with van der Waals surface area (Å²) < 4.78 is 5.13. The van der Waals surface area contributed by atoms with E-state index in [0.717, 1.165) is 33.7 Å². The van der Waals surface area contributed by atoms with Crippen LogP contribution in [0, 0.1) is 0 Å². The van der Waals surface area contributed by atoms with Gasteiger partial charge in [-0.05, 0) is 54.1 Å². The lowest BCUT2D eigenvalue weighted by Crippen LogP contribution is -2.28. The number of carbonyl (C=O) groups excluding carboxylic acids is 1. The predicted molar refractivity (Wildman–Crippen MR) is 110 cm³/mol. The van der Waals surface area contributed by atoms with Crippen LogP contribution in [0.4, 0.5) is 10.5 Å². The minimum Gasteiger partial charge on any atom is -0.497 e. The summed E-state index contributed by atoms with van der Waals surface area (Å²) in [6, 6.07) is 22.8. The van der Waals surface area contributed by atoms with Crippen molar-refractivity contribution in [1.29, 1.82) is 0 Å². The maximum Gasteiger partial charge on any atom is 0.319 e. The number of aromatic nitrogens is 2. The summed E-state index contributed by atoms with van der Waals surface area (Å²) in [7, 11) is 1.63. The number of hydrogen-bond acceptors (Lipinski definition) is 3. The van der Waals surface area contributed by atoms with Gasteiger partial charge in [0.1, 0.15) is 11.6 Å². The summed E-state index contributed by atoms with van der Waals surface area (Å²) in [6.45, 7) is 0.437. The summed E-state index contributed by atoms with van der Waals surface area (Å²) in [5, 5.41) is 5.67. The van der Waals surface area contributed by atoms with Crippen LogP contribution in [0.15, 0.2) is 72.8 Å². The molecule has 0 aliphatic heterocycles. The first kappa shape index (κ1) is 17.6. The summed E-state index contributed by atoms with van der Waals surface area (Å²) in [5.74, 6) is 1.59. The number of anilines is 1. The maximum absolute atomic E-state index is 12.1. The number of nitrogens with zero attached hydrogens (tertiary/aromatic N) is 1. The highest BCUT2D eigenvalue weighted by Gasteiger charge is 2.06. The summed E-state index contributed by atoms with van der Waals surface area (Å²) in [6.07, 6.45) is 0. The largest absolute Gasteiger partial charge is 0.497 e. The fourth-order valence-corrected chi connectivity index (χ4v) is 2.90. The third-order valence-corrected chi connectivity index (χ3v) is 4.42. The highest BCUT2D eigenvalue weighted by atomic mass is 16.5. The Labute approximate surface area is 162 Å². The first-order valence-corrected chi connectivity index (χ1v) is 8.94. The molecule has 4 aromatic rings. The lowest BCUT2D eigenvalue weighted by atomic mass is 10.2. The molecule has 0 spiro atoms. The van der Waals surface area contributed by atoms with E-state index >= 15 is 0 Å². The van der Waals surface area contributed by atoms with E-state index < -0.39 is 0 Å². The zero-order valence-corrected chi connectivity index (χ0v) is 15.4. The Morgan fingerprint density at radius 1 is 1.00 bits per heavy atom. The van der Waals surface area contributed by atoms with Gasteiger partial charge in [0.2, 0.25) is 0 Å². The van der Waals surface area contributed by atoms with Crippen LogP contribution in [-0.4, -0.2) is 23.1 Å². The number of amides is 2. The molecule has 0 saturated heterocycles. The van der Waals surface area contributed by atoms with E-state index in [9.17, 15) is 4.79 Å². The molecule has 0 aliphatic rings. The number of rotatable bonds is 5. The number of hydrogen-bond donors (Lipinski definition) is 3. The van der Waals surface area contributed by atoms with E-state index in [1.165, 1.54) is 0 Å². The second-order valence-electron chi connectivity index (χ2n) is 6.34. The molecular weight excluding hydrogens is 352 g/mol. The molecule has 0 fully saturated rings. The number of fused-ring (bicyclic) bond motifs is 1. The first-order chi connectivity index (χ1) is 13.7. The zero-order valence-electron chi connectivity index (χ0n) is 15.4. The van der Waals surface area contributed by atoms with E-state index in [1.54, 1.807) is 7.11 Å². The van der Waals surface area contributed by atoms with Gasteiger partial charge in [0, 0.05) is 17.8 Å². The van der Waals surface area contributed by atoms with Crippen molar-refractivity contribution in [2.75, 3.05) is 12.4 Å². The van der Waals surface area contributed by atoms with Gasteiger partial charge in [0.25, 0.3) is 0 Å². The minimum absolute atomic E-state index is 0.257. The summed E-state index contributed by atoms with van der Waals surface area (Å²) in [4.78, 5) is 20.0. The molecule has 0 bridgehead atoms. The van der Waals surface area contributed by atoms with Gasteiger partial charge < -0.3 is 20.4 Å². The molecule has 3 N–H and O–H groups in total. The smallest absolute Gasteiger partial charge is 0.319 e. The lowest BCUT2D eigenvalue weighted by molar-refractivity contribution is 0.251. The minimum atomic E-state index is -0.257. The molecule has 0 saturated carbocycles. The molecule has 0 radical (unpaired) electrons. The number of benzene rings is 3. The van der Waals surface area contributed by atoms with Crippen LogP contribution in [-0.2, 0) is 6.54 Å². The van der Waals surface area contributed by atoms with Crippen molar-refractivity contribution in [3.05, 3.63) is 78.4 Å². The highest BCUT2D eigenvalue weighted by molar-refractivity contribution is 5.89. The Bertz CT molecular complexity index is 1050. The molecule has 1 heterocycles. The van der Waals surface area contributed by atoms with Crippen LogP contribution in [0.25, 0.3) is 22.4 Å². The quantitative estimate of drug-likeness (QED) is 0.480. The number of imidazole rings is 1. The monoisotopic (exact) mass is 372 g/mol. The topological polar surface area (TPSA) is 79.0 Å². The predicted octanol–water partition coefficient (Wildman–Crippen LogP) is 4.56. The van der Waals surface area contributed by atoms with Gasteiger partial charge in [0.15, 0.2) is 0 Å².